The van der Waals surface area contributed by atoms with Gasteiger partial charge in [0.05, 0.1) is 6.54 Å². The van der Waals surface area contributed by atoms with Crippen LogP contribution in [0.25, 0.3) is 11.4 Å². The van der Waals surface area contributed by atoms with Crippen LogP contribution in [-0.2, 0) is 25.3 Å². The zero-order valence-corrected chi connectivity index (χ0v) is 20.4. The number of H-pyrrole nitrogens is 1. The van der Waals surface area contributed by atoms with E-state index < -0.39 is 5.92 Å². The second kappa shape index (κ2) is 10.8. The predicted molar refractivity (Wildman–Crippen MR) is 130 cm³/mol. The quantitative estimate of drug-likeness (QED) is 0.304. The minimum atomic E-state index is -3.01. The Morgan fingerprint density at radius 3 is 2.46 bits per heavy atom. The van der Waals surface area contributed by atoms with Crippen LogP contribution in [0.5, 0.6) is 0 Å². The lowest BCUT2D eigenvalue weighted by molar-refractivity contribution is -0.0232. The maximum absolute atomic E-state index is 14.5. The van der Waals surface area contributed by atoms with Gasteiger partial charge in [0, 0.05) is 18.4 Å². The first kappa shape index (κ1) is 24.6. The number of aromatic amines is 1. The molecule has 0 radical (unpaired) electrons. The number of nitrogens with zero attached hydrogens (tertiary/aromatic N) is 6. The Balaban J connectivity index is 1.52. The molecule has 2 heterocycles. The van der Waals surface area contributed by atoms with Crippen LogP contribution in [0.3, 0.4) is 0 Å². The van der Waals surface area contributed by atoms with Crippen LogP contribution in [0.15, 0.2) is 48.5 Å². The van der Waals surface area contributed by atoms with E-state index in [1.165, 1.54) is 0 Å². The van der Waals surface area contributed by atoms with Crippen LogP contribution < -0.4 is 0 Å². The van der Waals surface area contributed by atoms with E-state index in [0.717, 1.165) is 28.7 Å². The van der Waals surface area contributed by atoms with Gasteiger partial charge in [-0.2, -0.15) is 8.78 Å². The predicted octanol–water partition coefficient (Wildman–Crippen LogP) is 5.58. The Morgan fingerprint density at radius 2 is 1.77 bits per heavy atom. The van der Waals surface area contributed by atoms with Gasteiger partial charge in [-0.05, 0) is 52.3 Å². The molecule has 0 saturated heterocycles. The molecule has 4 rings (SSSR count). The highest BCUT2D eigenvalue weighted by Crippen LogP contribution is 2.31. The Hall–Kier alpha value is -3.49. The highest BCUT2D eigenvalue weighted by atomic mass is 19.3. The van der Waals surface area contributed by atoms with Gasteiger partial charge in [-0.25, -0.2) is 14.8 Å². The summed E-state index contributed by atoms with van der Waals surface area (Å²) >= 11 is 0. The lowest BCUT2D eigenvalue weighted by Gasteiger charge is -2.10. The van der Waals surface area contributed by atoms with Crippen molar-refractivity contribution in [3.8, 4) is 11.4 Å². The minimum Gasteiger partial charge on any atom is -0.245 e. The van der Waals surface area contributed by atoms with E-state index in [1.807, 2.05) is 30.3 Å². The summed E-state index contributed by atoms with van der Waals surface area (Å²) in [6.07, 6.45) is 2.34. The van der Waals surface area contributed by atoms with Gasteiger partial charge in [0.2, 0.25) is 5.82 Å². The second-order valence-corrected chi connectivity index (χ2v) is 9.30. The van der Waals surface area contributed by atoms with Crippen molar-refractivity contribution in [3.63, 3.8) is 0 Å². The van der Waals surface area contributed by atoms with Gasteiger partial charge >= 0.3 is 5.92 Å². The molecular formula is C26H31F2N7. The zero-order valence-electron chi connectivity index (χ0n) is 20.4. The number of tetrazole rings is 1. The number of alkyl halides is 2. The van der Waals surface area contributed by atoms with Crippen molar-refractivity contribution in [2.75, 3.05) is 0 Å². The highest BCUT2D eigenvalue weighted by molar-refractivity contribution is 5.60. The highest BCUT2D eigenvalue weighted by Gasteiger charge is 2.36. The molecule has 35 heavy (non-hydrogen) atoms. The van der Waals surface area contributed by atoms with Crippen molar-refractivity contribution in [3.05, 3.63) is 76.9 Å². The van der Waals surface area contributed by atoms with E-state index in [1.54, 1.807) is 11.6 Å². The van der Waals surface area contributed by atoms with Crippen molar-refractivity contribution < 1.29 is 8.78 Å². The lowest BCUT2D eigenvalue weighted by atomic mass is 9.98. The number of aromatic nitrogens is 7. The molecule has 0 aliphatic rings. The van der Waals surface area contributed by atoms with Gasteiger partial charge in [0.25, 0.3) is 0 Å². The summed E-state index contributed by atoms with van der Waals surface area (Å²) in [5, 5.41) is 18.4. The lowest BCUT2D eigenvalue weighted by Crippen LogP contribution is -2.15. The Kier molecular flexibility index (Phi) is 7.63. The molecule has 1 N–H and O–H groups in total. The van der Waals surface area contributed by atoms with Crippen LogP contribution in [0, 0.1) is 5.92 Å². The number of hydrogen-bond acceptors (Lipinski definition) is 5. The molecule has 0 fully saturated rings. The Bertz CT molecular complexity index is 1210. The van der Waals surface area contributed by atoms with E-state index in [0.29, 0.717) is 43.4 Å². The molecule has 4 aromatic rings. The van der Waals surface area contributed by atoms with Crippen molar-refractivity contribution in [1.29, 1.82) is 0 Å². The van der Waals surface area contributed by atoms with E-state index in [2.05, 4.69) is 62.8 Å². The molecule has 0 atom stereocenters. The molecule has 0 amide bonds. The number of hydrogen-bond donors (Lipinski definition) is 1. The van der Waals surface area contributed by atoms with Crippen molar-refractivity contribution in [1.82, 2.24) is 35.4 Å². The van der Waals surface area contributed by atoms with Crippen LogP contribution in [0.1, 0.15) is 68.4 Å². The van der Waals surface area contributed by atoms with Crippen LogP contribution >= 0.6 is 0 Å². The molecule has 0 aliphatic carbocycles. The van der Waals surface area contributed by atoms with E-state index in [4.69, 9.17) is 0 Å². The molecule has 2 aromatic heterocycles. The number of benzene rings is 2. The van der Waals surface area contributed by atoms with Gasteiger partial charge in [-0.15, -0.1) is 10.2 Å². The summed E-state index contributed by atoms with van der Waals surface area (Å²) in [5.74, 6) is -1.68. The molecular weight excluding hydrogens is 448 g/mol. The molecule has 184 valence electrons. The summed E-state index contributed by atoms with van der Waals surface area (Å²) in [6.45, 7) is 6.38. The van der Waals surface area contributed by atoms with Crippen LogP contribution in [0.4, 0.5) is 8.78 Å². The molecule has 7 nitrogen and oxygen atoms in total. The topological polar surface area (TPSA) is 85.2 Å². The maximum atomic E-state index is 14.5. The number of halogens is 2. The monoisotopic (exact) mass is 479 g/mol. The standard InChI is InChI=1S/C26H31F2N7/c1-4-15-26(27,28)25-29-23(14-9-18(2)3)35(32-25)17-20-12-10-19(11-13-20)16-21-7-5-6-8-22(21)24-30-33-34-31-24/h5-8,10-13,18H,4,9,14-17H2,1-3H3,(H,30,31,33,34). The normalized spacial score (nSPS) is 11.9. The fourth-order valence-corrected chi connectivity index (χ4v) is 4.02. The smallest absolute Gasteiger partial charge is 0.245 e. The number of nitrogens with one attached hydrogen (secondary N) is 1. The summed E-state index contributed by atoms with van der Waals surface area (Å²) in [5.41, 5.74) is 4.18. The molecule has 0 spiro atoms. The van der Waals surface area contributed by atoms with Crippen molar-refractivity contribution in [2.24, 2.45) is 5.92 Å². The first-order valence-electron chi connectivity index (χ1n) is 12.1. The van der Waals surface area contributed by atoms with Gasteiger partial charge in [-0.3, -0.25) is 0 Å². The fourth-order valence-electron chi connectivity index (χ4n) is 4.02. The molecule has 0 aliphatic heterocycles. The Morgan fingerprint density at radius 1 is 1.03 bits per heavy atom. The third-order valence-corrected chi connectivity index (χ3v) is 5.95. The third kappa shape index (κ3) is 6.15. The average Bonchev–Trinajstić information content (AvgIpc) is 3.50. The van der Waals surface area contributed by atoms with Gasteiger partial charge in [0.1, 0.15) is 5.82 Å². The third-order valence-electron chi connectivity index (χ3n) is 5.95. The van der Waals surface area contributed by atoms with Crippen LogP contribution in [0.2, 0.25) is 0 Å². The van der Waals surface area contributed by atoms with Gasteiger partial charge < -0.3 is 0 Å². The molecule has 9 heteroatoms. The molecule has 0 bridgehead atoms. The number of aryl methyl sites for hydroxylation is 1. The Labute approximate surface area is 204 Å². The summed E-state index contributed by atoms with van der Waals surface area (Å²) in [4.78, 5) is 4.26. The second-order valence-electron chi connectivity index (χ2n) is 9.30. The van der Waals surface area contributed by atoms with Gasteiger partial charge in [0.15, 0.2) is 5.82 Å². The van der Waals surface area contributed by atoms with E-state index >= 15 is 0 Å². The first-order chi connectivity index (χ1) is 16.9. The van der Waals surface area contributed by atoms with E-state index in [-0.39, 0.29) is 12.2 Å². The average molecular weight is 480 g/mol. The van der Waals surface area contributed by atoms with Gasteiger partial charge in [-0.1, -0.05) is 69.3 Å². The van der Waals surface area contributed by atoms with Crippen molar-refractivity contribution in [2.45, 2.75) is 65.3 Å². The van der Waals surface area contributed by atoms with E-state index in [9.17, 15) is 8.78 Å². The summed E-state index contributed by atoms with van der Waals surface area (Å²) < 4.78 is 30.7. The summed E-state index contributed by atoms with van der Waals surface area (Å²) in [6, 6.07) is 16.1. The summed E-state index contributed by atoms with van der Waals surface area (Å²) in [7, 11) is 0. The van der Waals surface area contributed by atoms with Crippen molar-refractivity contribution >= 4 is 0 Å². The minimum absolute atomic E-state index is 0.249. The van der Waals surface area contributed by atoms with Crippen LogP contribution in [-0.4, -0.2) is 35.4 Å². The molecule has 0 saturated carbocycles. The first-order valence-corrected chi connectivity index (χ1v) is 12.1. The molecule has 0 unspecified atom stereocenters. The maximum Gasteiger partial charge on any atom is 0.308 e. The SMILES string of the molecule is CCCC(F)(F)c1nc(CCC(C)C)n(Cc2ccc(Cc3ccccc3-c3nnn[nH]3)cc2)n1. The molecule has 2 aromatic carbocycles. The fraction of sp³-hybridized carbons (Fsp3) is 0.423. The largest absolute Gasteiger partial charge is 0.308 e. The number of rotatable bonds is 11. The zero-order chi connectivity index (χ0) is 24.8.